The summed E-state index contributed by atoms with van der Waals surface area (Å²) in [5.74, 6) is 0.437. The topological polar surface area (TPSA) is 58.3 Å². The van der Waals surface area contributed by atoms with Crippen molar-refractivity contribution >= 4 is 0 Å². The Morgan fingerprint density at radius 3 is 3.00 bits per heavy atom. The lowest BCUT2D eigenvalue weighted by Gasteiger charge is -2.26. The Morgan fingerprint density at radius 2 is 2.45 bits per heavy atom. The fraction of sp³-hybridized carbons (Fsp3) is 1.00. The lowest BCUT2D eigenvalue weighted by atomic mass is 9.92. The summed E-state index contributed by atoms with van der Waals surface area (Å²) in [6.45, 7) is 2.66. The molecule has 0 aromatic rings. The lowest BCUT2D eigenvalue weighted by Crippen LogP contribution is -2.37. The van der Waals surface area contributed by atoms with Gasteiger partial charge in [0.05, 0.1) is 6.10 Å². The van der Waals surface area contributed by atoms with E-state index in [0.29, 0.717) is 12.5 Å². The minimum absolute atomic E-state index is 0.187. The zero-order chi connectivity index (χ0) is 8.10. The van der Waals surface area contributed by atoms with Gasteiger partial charge in [-0.15, -0.1) is 0 Å². The van der Waals surface area contributed by atoms with E-state index in [1.165, 1.54) is 6.42 Å². The van der Waals surface area contributed by atoms with Crippen molar-refractivity contribution in [2.75, 3.05) is 19.6 Å². The number of nitrogens with two attached hydrogens (primary N) is 1. The predicted molar refractivity (Wildman–Crippen MR) is 45.3 cm³/mol. The van der Waals surface area contributed by atoms with Crippen LogP contribution >= 0.6 is 0 Å². The van der Waals surface area contributed by atoms with Crippen LogP contribution in [0.2, 0.25) is 0 Å². The van der Waals surface area contributed by atoms with Crippen LogP contribution in [0.4, 0.5) is 0 Å². The van der Waals surface area contributed by atoms with Crippen molar-refractivity contribution in [3.63, 3.8) is 0 Å². The van der Waals surface area contributed by atoms with Crippen molar-refractivity contribution in [3.8, 4) is 0 Å². The Bertz CT molecular complexity index is 102. The normalized spacial score (nSPS) is 28.4. The van der Waals surface area contributed by atoms with Crippen molar-refractivity contribution in [1.29, 1.82) is 0 Å². The largest absolute Gasteiger partial charge is 0.393 e. The maximum absolute atomic E-state index is 9.55. The molecule has 0 aromatic carbocycles. The molecule has 2 unspecified atom stereocenters. The second kappa shape index (κ2) is 4.70. The third-order valence-electron chi connectivity index (χ3n) is 2.34. The van der Waals surface area contributed by atoms with Gasteiger partial charge in [-0.05, 0) is 38.3 Å². The van der Waals surface area contributed by atoms with Crippen LogP contribution in [0.15, 0.2) is 0 Å². The van der Waals surface area contributed by atoms with Crippen molar-refractivity contribution in [1.82, 2.24) is 5.32 Å². The van der Waals surface area contributed by atoms with Gasteiger partial charge in [-0.3, -0.25) is 0 Å². The fourth-order valence-electron chi connectivity index (χ4n) is 1.61. The van der Waals surface area contributed by atoms with Crippen LogP contribution in [0, 0.1) is 5.92 Å². The number of hydrogen-bond acceptors (Lipinski definition) is 3. The molecule has 3 nitrogen and oxygen atoms in total. The van der Waals surface area contributed by atoms with E-state index in [9.17, 15) is 5.11 Å². The summed E-state index contributed by atoms with van der Waals surface area (Å²) in [5, 5.41) is 12.8. The van der Waals surface area contributed by atoms with Gasteiger partial charge in [0.15, 0.2) is 0 Å². The number of aliphatic hydroxyl groups is 1. The Morgan fingerprint density at radius 1 is 1.64 bits per heavy atom. The van der Waals surface area contributed by atoms with Crippen LogP contribution in [-0.2, 0) is 0 Å². The van der Waals surface area contributed by atoms with E-state index >= 15 is 0 Å². The molecule has 1 heterocycles. The molecular weight excluding hydrogens is 140 g/mol. The van der Waals surface area contributed by atoms with Crippen LogP contribution in [0.5, 0.6) is 0 Å². The minimum atomic E-state index is -0.187. The summed E-state index contributed by atoms with van der Waals surface area (Å²) in [5.41, 5.74) is 5.36. The highest BCUT2D eigenvalue weighted by Crippen LogP contribution is 2.15. The van der Waals surface area contributed by atoms with Gasteiger partial charge in [0.2, 0.25) is 0 Å². The maximum atomic E-state index is 9.55. The summed E-state index contributed by atoms with van der Waals surface area (Å²) in [6, 6.07) is 0. The number of hydrogen-bond donors (Lipinski definition) is 3. The van der Waals surface area contributed by atoms with Crippen LogP contribution in [0.25, 0.3) is 0 Å². The summed E-state index contributed by atoms with van der Waals surface area (Å²) in [6.07, 6.45) is 2.89. The lowest BCUT2D eigenvalue weighted by molar-refractivity contribution is 0.0863. The van der Waals surface area contributed by atoms with Gasteiger partial charge in [-0.25, -0.2) is 0 Å². The zero-order valence-corrected chi connectivity index (χ0v) is 6.92. The smallest absolute Gasteiger partial charge is 0.0592 e. The molecule has 0 saturated carbocycles. The van der Waals surface area contributed by atoms with Gasteiger partial charge in [0.1, 0.15) is 0 Å². The molecule has 0 bridgehead atoms. The molecule has 66 valence electrons. The standard InChI is InChI=1S/C8H18N2O/c9-4-3-8(11)7-2-1-5-10-6-7/h7-8,10-11H,1-6,9H2. The van der Waals surface area contributed by atoms with Gasteiger partial charge in [-0.1, -0.05) is 0 Å². The van der Waals surface area contributed by atoms with E-state index in [1.807, 2.05) is 0 Å². The van der Waals surface area contributed by atoms with E-state index in [2.05, 4.69) is 5.32 Å². The van der Waals surface area contributed by atoms with E-state index < -0.39 is 0 Å². The van der Waals surface area contributed by atoms with Crippen LogP contribution < -0.4 is 11.1 Å². The summed E-state index contributed by atoms with van der Waals surface area (Å²) >= 11 is 0. The highest BCUT2D eigenvalue weighted by atomic mass is 16.3. The number of aliphatic hydroxyl groups excluding tert-OH is 1. The monoisotopic (exact) mass is 158 g/mol. The number of piperidine rings is 1. The van der Waals surface area contributed by atoms with E-state index in [1.54, 1.807) is 0 Å². The molecule has 1 fully saturated rings. The number of nitrogens with one attached hydrogen (secondary N) is 1. The molecule has 0 radical (unpaired) electrons. The van der Waals surface area contributed by atoms with Gasteiger partial charge in [0, 0.05) is 6.54 Å². The second-order valence-corrected chi connectivity index (χ2v) is 3.25. The molecule has 1 aliphatic rings. The minimum Gasteiger partial charge on any atom is -0.393 e. The highest BCUT2D eigenvalue weighted by molar-refractivity contribution is 4.75. The summed E-state index contributed by atoms with van der Waals surface area (Å²) < 4.78 is 0. The van der Waals surface area contributed by atoms with Crippen LogP contribution in [0.3, 0.4) is 0 Å². The van der Waals surface area contributed by atoms with Crippen LogP contribution in [0.1, 0.15) is 19.3 Å². The van der Waals surface area contributed by atoms with E-state index in [-0.39, 0.29) is 6.10 Å². The van der Waals surface area contributed by atoms with Gasteiger partial charge in [0.25, 0.3) is 0 Å². The Hall–Kier alpha value is -0.120. The molecule has 1 rings (SSSR count). The SMILES string of the molecule is NCCC(O)C1CCCNC1. The first-order chi connectivity index (χ1) is 5.34. The zero-order valence-electron chi connectivity index (χ0n) is 6.92. The molecule has 11 heavy (non-hydrogen) atoms. The third-order valence-corrected chi connectivity index (χ3v) is 2.34. The Kier molecular flexibility index (Phi) is 3.83. The molecule has 3 heteroatoms. The van der Waals surface area contributed by atoms with E-state index in [0.717, 1.165) is 25.9 Å². The fourth-order valence-corrected chi connectivity index (χ4v) is 1.61. The first kappa shape index (κ1) is 8.97. The van der Waals surface area contributed by atoms with Crippen molar-refractivity contribution in [3.05, 3.63) is 0 Å². The Balaban J connectivity index is 2.21. The quantitative estimate of drug-likeness (QED) is 0.528. The van der Waals surface area contributed by atoms with Crippen molar-refractivity contribution < 1.29 is 5.11 Å². The Labute approximate surface area is 68.0 Å². The highest BCUT2D eigenvalue weighted by Gasteiger charge is 2.20. The van der Waals surface area contributed by atoms with Gasteiger partial charge < -0.3 is 16.2 Å². The van der Waals surface area contributed by atoms with Gasteiger partial charge >= 0.3 is 0 Å². The second-order valence-electron chi connectivity index (χ2n) is 3.25. The number of rotatable bonds is 3. The third kappa shape index (κ3) is 2.77. The molecule has 0 amide bonds. The molecule has 2 atom stereocenters. The average Bonchev–Trinajstić information content (AvgIpc) is 2.07. The first-order valence-corrected chi connectivity index (χ1v) is 4.43. The molecule has 1 aliphatic heterocycles. The van der Waals surface area contributed by atoms with Crippen molar-refractivity contribution in [2.24, 2.45) is 11.7 Å². The first-order valence-electron chi connectivity index (χ1n) is 4.43. The molecule has 0 spiro atoms. The summed E-state index contributed by atoms with van der Waals surface area (Å²) in [7, 11) is 0. The molecule has 1 saturated heterocycles. The van der Waals surface area contributed by atoms with Crippen molar-refractivity contribution in [2.45, 2.75) is 25.4 Å². The van der Waals surface area contributed by atoms with Crippen LogP contribution in [-0.4, -0.2) is 30.8 Å². The molecule has 4 N–H and O–H groups in total. The molecule has 0 aliphatic carbocycles. The summed E-state index contributed by atoms with van der Waals surface area (Å²) in [4.78, 5) is 0. The van der Waals surface area contributed by atoms with E-state index in [4.69, 9.17) is 5.73 Å². The maximum Gasteiger partial charge on any atom is 0.0592 e. The predicted octanol–water partition coefficient (Wildman–Crippen LogP) is -0.304. The molecule has 0 aromatic heterocycles. The average molecular weight is 158 g/mol. The molecular formula is C8H18N2O. The van der Waals surface area contributed by atoms with Gasteiger partial charge in [-0.2, -0.15) is 0 Å².